The first-order valence-corrected chi connectivity index (χ1v) is 10.5. The fraction of sp³-hybridized carbons (Fsp3) is 0.333. The maximum Gasteiger partial charge on any atom is 0.320 e. The summed E-state index contributed by atoms with van der Waals surface area (Å²) in [4.78, 5) is -0.110. The first kappa shape index (κ1) is 21.5. The molecule has 0 aliphatic heterocycles. The van der Waals surface area contributed by atoms with Gasteiger partial charge >= 0.3 is 11.6 Å². The van der Waals surface area contributed by atoms with Crippen LogP contribution in [0.2, 0.25) is 0 Å². The van der Waals surface area contributed by atoms with Crippen molar-refractivity contribution in [2.45, 2.75) is 31.2 Å². The van der Waals surface area contributed by atoms with Crippen molar-refractivity contribution in [1.82, 2.24) is 9.46 Å². The van der Waals surface area contributed by atoms with Gasteiger partial charge in [0.1, 0.15) is 22.5 Å². The van der Waals surface area contributed by atoms with Crippen LogP contribution in [0.25, 0.3) is 0 Å². The number of aromatic hydroxyl groups is 1. The summed E-state index contributed by atoms with van der Waals surface area (Å²) in [6.45, 7) is 3.72. The van der Waals surface area contributed by atoms with Crippen LogP contribution >= 0.6 is 0 Å². The molecular weight excluding hydrogens is 414 g/mol. The van der Waals surface area contributed by atoms with Gasteiger partial charge < -0.3 is 24.7 Å². The fourth-order valence-electron chi connectivity index (χ4n) is 2.79. The maximum absolute atomic E-state index is 12.4. The third kappa shape index (κ3) is 4.04. The second kappa shape index (κ2) is 8.24. The Kier molecular flexibility index (Phi) is 5.89. The molecule has 0 fully saturated rings. The van der Waals surface area contributed by atoms with Gasteiger partial charge in [0.25, 0.3) is 0 Å². The molecule has 1 atom stereocenters. The summed E-state index contributed by atoms with van der Waals surface area (Å²) in [5, 5.41) is 32.0. The molecule has 0 bridgehead atoms. The van der Waals surface area contributed by atoms with Crippen LogP contribution in [0.4, 0.5) is 17.3 Å². The minimum Gasteiger partial charge on any atom is -0.504 e. The fourth-order valence-corrected chi connectivity index (χ4v) is 3.79. The van der Waals surface area contributed by atoms with Gasteiger partial charge in [0.15, 0.2) is 5.75 Å². The molecule has 3 rings (SSSR count). The van der Waals surface area contributed by atoms with E-state index in [0.29, 0.717) is 12.2 Å². The number of benzene rings is 1. The van der Waals surface area contributed by atoms with E-state index in [9.17, 15) is 18.7 Å². The molecule has 11 nitrogen and oxygen atoms in total. The van der Waals surface area contributed by atoms with Crippen LogP contribution in [0, 0.1) is 12.1 Å². The highest BCUT2D eigenvalue weighted by atomic mass is 32.2. The maximum atomic E-state index is 12.4. The predicted octanol–water partition coefficient (Wildman–Crippen LogP) is 2.47. The first-order chi connectivity index (χ1) is 14.1. The van der Waals surface area contributed by atoms with Gasteiger partial charge in [-0.05, 0) is 42.8 Å². The zero-order valence-electron chi connectivity index (χ0n) is 16.9. The first-order valence-electron chi connectivity index (χ1n) is 9.09. The molecule has 0 saturated heterocycles. The number of nitrogens with one attached hydrogen (secondary N) is 2. The molecule has 2 heterocycles. The summed E-state index contributed by atoms with van der Waals surface area (Å²) in [5.41, 5.74) is 0.0387. The number of hydrogen-bond donors (Lipinski definition) is 3. The minimum absolute atomic E-state index is 0.0265. The van der Waals surface area contributed by atoms with Gasteiger partial charge in [-0.15, -0.1) is 0 Å². The number of nitrogens with zero attached hydrogens (tertiary/aromatic N) is 3. The van der Waals surface area contributed by atoms with Crippen molar-refractivity contribution in [3.63, 3.8) is 0 Å². The number of furan rings is 1. The van der Waals surface area contributed by atoms with Crippen molar-refractivity contribution in [3.8, 4) is 5.75 Å². The molecule has 0 saturated carbocycles. The van der Waals surface area contributed by atoms with Crippen molar-refractivity contribution in [1.29, 1.82) is 0 Å². The molecule has 1 aromatic carbocycles. The highest BCUT2D eigenvalue weighted by Crippen LogP contribution is 2.35. The molecule has 0 spiro atoms. The smallest absolute Gasteiger partial charge is 0.320 e. The second-order valence-corrected chi connectivity index (χ2v) is 8.87. The molecule has 3 N–H and O–H groups in total. The molecule has 0 unspecified atom stereocenters. The SMILES string of the molecule is CC[C@@H](Nc1c(Nc2cccc(S(=O)(=O)N(C)C)c2O)no[n+]1[O-])c1ccc(C)o1. The Morgan fingerprint density at radius 2 is 2.03 bits per heavy atom. The normalized spacial score (nSPS) is 12.8. The summed E-state index contributed by atoms with van der Waals surface area (Å²) in [6.07, 6.45) is 0.597. The summed E-state index contributed by atoms with van der Waals surface area (Å²) in [7, 11) is -1.16. The average molecular weight is 437 g/mol. The molecular formula is C18H23N5O6S. The second-order valence-electron chi connectivity index (χ2n) is 6.75. The Morgan fingerprint density at radius 1 is 1.30 bits per heavy atom. The van der Waals surface area contributed by atoms with Crippen LogP contribution in [0.3, 0.4) is 0 Å². The molecule has 0 aliphatic rings. The molecule has 162 valence electrons. The Hall–Kier alpha value is -3.25. The molecule has 12 heteroatoms. The van der Waals surface area contributed by atoms with E-state index >= 15 is 0 Å². The molecule has 2 aromatic heterocycles. The summed E-state index contributed by atoms with van der Waals surface area (Å²) in [5.74, 6) is 0.778. The standard InChI is InChI=1S/C18H23N5O6S/c1-5-12(14-10-9-11(2)28-14)20-18-17(21-29-23(18)25)19-13-7-6-8-15(16(13)24)30(26,27)22(3)4/h6-10,12,20,24H,5H2,1-4H3,(H,19,21)/t12-/m1/s1. The Balaban J connectivity index is 1.93. The monoisotopic (exact) mass is 437 g/mol. The van der Waals surface area contributed by atoms with Crippen LogP contribution in [-0.4, -0.2) is 37.1 Å². The number of aryl methyl sites for hydroxylation is 1. The topological polar surface area (TPSA) is 148 Å². The molecule has 30 heavy (non-hydrogen) atoms. The average Bonchev–Trinajstić information content (AvgIpc) is 3.27. The highest BCUT2D eigenvalue weighted by molar-refractivity contribution is 7.89. The van der Waals surface area contributed by atoms with Gasteiger partial charge in [0.05, 0.1) is 5.69 Å². The van der Waals surface area contributed by atoms with Gasteiger partial charge in [-0.1, -0.05) is 17.9 Å². The predicted molar refractivity (Wildman–Crippen MR) is 108 cm³/mol. The zero-order chi connectivity index (χ0) is 22.1. The van der Waals surface area contributed by atoms with E-state index < -0.39 is 15.8 Å². The van der Waals surface area contributed by atoms with E-state index in [1.807, 2.05) is 19.9 Å². The number of phenolic OH excluding ortho intramolecular Hbond substituents is 1. The van der Waals surface area contributed by atoms with Crippen LogP contribution in [0.15, 0.2) is 44.3 Å². The number of sulfonamides is 1. The molecule has 0 aliphatic carbocycles. The number of hydrogen-bond acceptors (Lipinski definition) is 9. The lowest BCUT2D eigenvalue weighted by molar-refractivity contribution is -0.791. The third-order valence-corrected chi connectivity index (χ3v) is 6.29. The van der Waals surface area contributed by atoms with E-state index in [0.717, 1.165) is 10.1 Å². The number of anilines is 3. The van der Waals surface area contributed by atoms with Crippen LogP contribution < -0.4 is 15.5 Å². The summed E-state index contributed by atoms with van der Waals surface area (Å²) >= 11 is 0. The van der Waals surface area contributed by atoms with E-state index in [4.69, 9.17) is 4.42 Å². The van der Waals surface area contributed by atoms with Gasteiger partial charge in [0.2, 0.25) is 10.0 Å². The highest BCUT2D eigenvalue weighted by Gasteiger charge is 2.27. The van der Waals surface area contributed by atoms with Crippen molar-refractivity contribution in [2.75, 3.05) is 24.7 Å². The van der Waals surface area contributed by atoms with Crippen LogP contribution in [0.1, 0.15) is 30.9 Å². The van der Waals surface area contributed by atoms with Crippen LogP contribution in [-0.2, 0) is 10.0 Å². The van der Waals surface area contributed by atoms with Crippen molar-refractivity contribution in [3.05, 3.63) is 47.1 Å². The van der Waals surface area contributed by atoms with Gasteiger partial charge in [0, 0.05) is 14.1 Å². The van der Waals surface area contributed by atoms with E-state index in [1.54, 1.807) is 6.07 Å². The summed E-state index contributed by atoms with van der Waals surface area (Å²) in [6, 6.07) is 7.45. The number of phenols is 1. The molecule has 0 amide bonds. The Labute approximate surface area is 173 Å². The lowest BCUT2D eigenvalue weighted by atomic mass is 10.2. The van der Waals surface area contributed by atoms with Crippen molar-refractivity contribution < 1.29 is 27.5 Å². The number of para-hydroxylation sites is 1. The van der Waals surface area contributed by atoms with E-state index in [1.165, 1.54) is 32.3 Å². The third-order valence-electron chi connectivity index (χ3n) is 4.45. The lowest BCUT2D eigenvalue weighted by Crippen LogP contribution is -2.29. The zero-order valence-corrected chi connectivity index (χ0v) is 17.7. The van der Waals surface area contributed by atoms with E-state index in [-0.39, 0.29) is 33.2 Å². The lowest BCUT2D eigenvalue weighted by Gasteiger charge is -2.15. The van der Waals surface area contributed by atoms with Gasteiger partial charge in [-0.2, -0.15) is 0 Å². The van der Waals surface area contributed by atoms with E-state index in [2.05, 4.69) is 20.4 Å². The Morgan fingerprint density at radius 3 is 2.63 bits per heavy atom. The van der Waals surface area contributed by atoms with Crippen molar-refractivity contribution >= 4 is 27.3 Å². The number of rotatable bonds is 8. The molecule has 3 aromatic rings. The van der Waals surface area contributed by atoms with Crippen LogP contribution in [0.5, 0.6) is 5.75 Å². The van der Waals surface area contributed by atoms with Gasteiger partial charge in [-0.3, -0.25) is 5.32 Å². The van der Waals surface area contributed by atoms with Crippen molar-refractivity contribution in [2.24, 2.45) is 0 Å². The largest absolute Gasteiger partial charge is 0.504 e. The van der Waals surface area contributed by atoms with Gasteiger partial charge in [-0.25, -0.2) is 12.7 Å². The summed E-state index contributed by atoms with van der Waals surface area (Å²) < 4.78 is 36.1. The Bertz CT molecular complexity index is 1140. The number of aromatic nitrogens is 2. The minimum atomic E-state index is -3.88. The molecule has 0 radical (unpaired) electrons. The quantitative estimate of drug-likeness (QED) is 0.357.